The molecule has 0 aliphatic rings. The molecule has 0 bridgehead atoms. The first-order chi connectivity index (χ1) is 8.12. The average molecular weight is 297 g/mol. The molecule has 0 aliphatic heterocycles. The molecule has 1 amide bonds. The van der Waals surface area contributed by atoms with Gasteiger partial charge in [-0.2, -0.15) is 5.26 Å². The molecule has 90 valence electrons. The summed E-state index contributed by atoms with van der Waals surface area (Å²) in [6.45, 7) is 1.84. The lowest BCUT2D eigenvalue weighted by Crippen LogP contribution is -2.33. The number of nitriles is 1. The highest BCUT2D eigenvalue weighted by Gasteiger charge is 2.15. The number of nitrogens with zero attached hydrogens (tertiary/aromatic N) is 1. The molecule has 4 nitrogen and oxygen atoms in total. The summed E-state index contributed by atoms with van der Waals surface area (Å²) in [5.74, 6) is 0.174. The Bertz CT molecular complexity index is 454. The number of hydrogen-bond donors (Lipinski definition) is 1. The van der Waals surface area contributed by atoms with Gasteiger partial charge in [0.25, 0.3) is 5.91 Å². The normalized spacial score (nSPS) is 11.4. The number of carbonyl (C=O) groups excluding carboxylic acids is 1. The van der Waals surface area contributed by atoms with Gasteiger partial charge in [-0.05, 0) is 24.6 Å². The summed E-state index contributed by atoms with van der Waals surface area (Å²) in [6.07, 6.45) is 0.571. The van der Waals surface area contributed by atoms with Crippen molar-refractivity contribution >= 4 is 21.8 Å². The van der Waals surface area contributed by atoms with Crippen LogP contribution in [0.25, 0.3) is 0 Å². The summed E-state index contributed by atoms with van der Waals surface area (Å²) in [4.78, 5) is 11.9. The van der Waals surface area contributed by atoms with Crippen LogP contribution in [-0.4, -0.2) is 19.1 Å². The Labute approximate surface area is 109 Å². The Morgan fingerprint density at radius 2 is 2.35 bits per heavy atom. The van der Waals surface area contributed by atoms with E-state index in [1.54, 1.807) is 18.2 Å². The summed E-state index contributed by atoms with van der Waals surface area (Å²) in [6, 6.07) is 6.66. The molecule has 0 fully saturated rings. The van der Waals surface area contributed by atoms with Gasteiger partial charge in [-0.25, -0.2) is 0 Å². The van der Waals surface area contributed by atoms with Crippen molar-refractivity contribution in [1.29, 1.82) is 5.26 Å². The van der Waals surface area contributed by atoms with Crippen LogP contribution < -0.4 is 10.1 Å². The van der Waals surface area contributed by atoms with Crippen molar-refractivity contribution in [3.8, 4) is 11.8 Å². The number of hydrogen-bond acceptors (Lipinski definition) is 3. The lowest BCUT2D eigenvalue weighted by molar-refractivity contribution is 0.0941. The van der Waals surface area contributed by atoms with Crippen LogP contribution in [0.4, 0.5) is 0 Å². The van der Waals surface area contributed by atoms with Gasteiger partial charge in [0.05, 0.1) is 18.7 Å². The van der Waals surface area contributed by atoms with Crippen LogP contribution in [0.1, 0.15) is 23.7 Å². The highest BCUT2D eigenvalue weighted by Crippen LogP contribution is 2.23. The van der Waals surface area contributed by atoms with E-state index in [4.69, 9.17) is 10.00 Å². The van der Waals surface area contributed by atoms with Gasteiger partial charge < -0.3 is 10.1 Å². The summed E-state index contributed by atoms with van der Waals surface area (Å²) in [5.41, 5.74) is 0.421. The fraction of sp³-hybridized carbons (Fsp3) is 0.333. The first kappa shape index (κ1) is 13.5. The zero-order valence-corrected chi connectivity index (χ0v) is 11.2. The van der Waals surface area contributed by atoms with E-state index in [0.717, 1.165) is 4.47 Å². The Hall–Kier alpha value is -1.54. The van der Waals surface area contributed by atoms with Crippen LogP contribution in [-0.2, 0) is 0 Å². The molecule has 0 saturated heterocycles. The van der Waals surface area contributed by atoms with E-state index >= 15 is 0 Å². The fourth-order valence-electron chi connectivity index (χ4n) is 1.31. The van der Waals surface area contributed by atoms with Gasteiger partial charge in [0.2, 0.25) is 0 Å². The van der Waals surface area contributed by atoms with E-state index in [0.29, 0.717) is 17.7 Å². The third-order valence-electron chi connectivity index (χ3n) is 2.28. The molecule has 0 radical (unpaired) electrons. The maximum atomic E-state index is 11.9. The van der Waals surface area contributed by atoms with Crippen molar-refractivity contribution in [2.45, 2.75) is 19.4 Å². The minimum absolute atomic E-state index is 0.303. The lowest BCUT2D eigenvalue weighted by Gasteiger charge is -2.12. The smallest absolute Gasteiger partial charge is 0.256 e. The fourth-order valence-corrected chi connectivity index (χ4v) is 1.65. The molecule has 0 aromatic heterocycles. The van der Waals surface area contributed by atoms with Crippen molar-refractivity contribution in [3.63, 3.8) is 0 Å². The Kier molecular flexibility index (Phi) is 4.98. The van der Waals surface area contributed by atoms with E-state index < -0.39 is 6.04 Å². The SMILES string of the molecule is CCC(C#N)NC(=O)c1ccc(Br)cc1OC. The van der Waals surface area contributed by atoms with Crippen LogP contribution >= 0.6 is 15.9 Å². The zero-order valence-electron chi connectivity index (χ0n) is 9.66. The standard InChI is InChI=1S/C12H13BrN2O2/c1-3-9(7-14)15-12(16)10-5-4-8(13)6-11(10)17-2/h4-6,9H,3H2,1-2H3,(H,15,16). The predicted molar refractivity (Wildman–Crippen MR) is 67.9 cm³/mol. The molecule has 0 spiro atoms. The molecule has 1 N–H and O–H groups in total. The monoisotopic (exact) mass is 296 g/mol. The molecule has 1 aromatic rings. The van der Waals surface area contributed by atoms with Crippen LogP contribution in [0.5, 0.6) is 5.75 Å². The summed E-state index contributed by atoms with van der Waals surface area (Å²) in [7, 11) is 1.50. The highest BCUT2D eigenvalue weighted by molar-refractivity contribution is 9.10. The second kappa shape index (κ2) is 6.26. The van der Waals surface area contributed by atoms with Crippen molar-refractivity contribution in [2.75, 3.05) is 7.11 Å². The summed E-state index contributed by atoms with van der Waals surface area (Å²) < 4.78 is 5.95. The molecular formula is C12H13BrN2O2. The molecule has 0 heterocycles. The zero-order chi connectivity index (χ0) is 12.8. The van der Waals surface area contributed by atoms with E-state index in [2.05, 4.69) is 21.2 Å². The van der Waals surface area contributed by atoms with E-state index in [1.807, 2.05) is 13.0 Å². The quantitative estimate of drug-likeness (QED) is 0.928. The van der Waals surface area contributed by atoms with E-state index in [9.17, 15) is 4.79 Å². The maximum absolute atomic E-state index is 11.9. The molecule has 1 aromatic carbocycles. The summed E-state index contributed by atoms with van der Waals surface area (Å²) >= 11 is 3.30. The van der Waals surface area contributed by atoms with Crippen LogP contribution in [0.15, 0.2) is 22.7 Å². The Morgan fingerprint density at radius 1 is 1.65 bits per heavy atom. The summed E-state index contributed by atoms with van der Waals surface area (Å²) in [5, 5.41) is 11.4. The molecule has 0 saturated carbocycles. The van der Waals surface area contributed by atoms with Crippen LogP contribution in [0.2, 0.25) is 0 Å². The van der Waals surface area contributed by atoms with Gasteiger partial charge in [-0.15, -0.1) is 0 Å². The molecule has 5 heteroatoms. The molecule has 1 rings (SSSR count). The maximum Gasteiger partial charge on any atom is 0.256 e. The van der Waals surface area contributed by atoms with Crippen molar-refractivity contribution in [3.05, 3.63) is 28.2 Å². The number of halogens is 1. The number of carbonyl (C=O) groups is 1. The highest BCUT2D eigenvalue weighted by atomic mass is 79.9. The van der Waals surface area contributed by atoms with Gasteiger partial charge in [-0.1, -0.05) is 22.9 Å². The van der Waals surface area contributed by atoms with Gasteiger partial charge in [-0.3, -0.25) is 4.79 Å². The molecular weight excluding hydrogens is 284 g/mol. The number of amides is 1. The second-order valence-electron chi connectivity index (χ2n) is 3.41. The largest absolute Gasteiger partial charge is 0.496 e. The minimum atomic E-state index is -0.476. The third-order valence-corrected chi connectivity index (χ3v) is 2.77. The van der Waals surface area contributed by atoms with E-state index in [1.165, 1.54) is 7.11 Å². The Morgan fingerprint density at radius 3 is 2.88 bits per heavy atom. The van der Waals surface area contributed by atoms with E-state index in [-0.39, 0.29) is 5.91 Å². The second-order valence-corrected chi connectivity index (χ2v) is 4.32. The molecule has 17 heavy (non-hydrogen) atoms. The molecule has 1 unspecified atom stereocenters. The number of benzene rings is 1. The van der Waals surface area contributed by atoms with Gasteiger partial charge >= 0.3 is 0 Å². The first-order valence-corrected chi connectivity index (χ1v) is 5.95. The van der Waals surface area contributed by atoms with Crippen molar-refractivity contribution in [2.24, 2.45) is 0 Å². The molecule has 1 atom stereocenters. The van der Waals surface area contributed by atoms with Crippen LogP contribution in [0.3, 0.4) is 0 Å². The average Bonchev–Trinajstić information content (AvgIpc) is 2.35. The predicted octanol–water partition coefficient (Wildman–Crippen LogP) is 2.49. The van der Waals surface area contributed by atoms with Gasteiger partial charge in [0, 0.05) is 4.47 Å². The van der Waals surface area contributed by atoms with Crippen molar-refractivity contribution < 1.29 is 9.53 Å². The third kappa shape index (κ3) is 3.46. The van der Waals surface area contributed by atoms with Crippen LogP contribution in [0, 0.1) is 11.3 Å². The lowest BCUT2D eigenvalue weighted by atomic mass is 10.1. The topological polar surface area (TPSA) is 62.1 Å². The number of rotatable bonds is 4. The number of methoxy groups -OCH3 is 1. The number of nitrogens with one attached hydrogen (secondary N) is 1. The minimum Gasteiger partial charge on any atom is -0.496 e. The van der Waals surface area contributed by atoms with Gasteiger partial charge in [0.15, 0.2) is 0 Å². The van der Waals surface area contributed by atoms with Gasteiger partial charge in [0.1, 0.15) is 11.8 Å². The Balaban J connectivity index is 2.93. The number of ether oxygens (including phenoxy) is 1. The van der Waals surface area contributed by atoms with Crippen molar-refractivity contribution in [1.82, 2.24) is 5.32 Å². The molecule has 0 aliphatic carbocycles. The first-order valence-electron chi connectivity index (χ1n) is 5.16.